The van der Waals surface area contributed by atoms with E-state index in [1.165, 1.54) is 0 Å². The molecule has 2 aromatic rings. The molecule has 1 aromatic carbocycles. The first-order chi connectivity index (χ1) is 6.22. The van der Waals surface area contributed by atoms with Crippen LogP contribution < -0.4 is 0 Å². The monoisotopic (exact) mass is 194 g/mol. The summed E-state index contributed by atoms with van der Waals surface area (Å²) in [5, 5.41) is 0.779. The van der Waals surface area contributed by atoms with Crippen LogP contribution in [0.3, 0.4) is 0 Å². The van der Waals surface area contributed by atoms with E-state index >= 15 is 0 Å². The van der Waals surface area contributed by atoms with E-state index in [4.69, 9.17) is 11.6 Å². The Bertz CT molecular complexity index is 445. The smallest absolute Gasteiger partial charge is 0.106 e. The Morgan fingerprint density at radius 2 is 2.23 bits per heavy atom. The van der Waals surface area contributed by atoms with E-state index < -0.39 is 0 Å². The average Bonchev–Trinajstić information content (AvgIpc) is 2.55. The number of fused-ring (bicyclic) bond motifs is 1. The standard InChI is InChI=1S/C10H11ClN2/c1-3-9-12-8-5-4-7(11)6(2)10(8)13-9/h4-5H,3H2,1-2H3,(H,12,13). The van der Waals surface area contributed by atoms with Crippen molar-refractivity contribution in [3.63, 3.8) is 0 Å². The molecule has 0 unspecified atom stereocenters. The predicted octanol–water partition coefficient (Wildman–Crippen LogP) is 3.09. The molecule has 0 aliphatic carbocycles. The van der Waals surface area contributed by atoms with Crippen LogP contribution >= 0.6 is 11.6 Å². The highest BCUT2D eigenvalue weighted by Crippen LogP contribution is 2.23. The minimum atomic E-state index is 0.779. The average molecular weight is 195 g/mol. The van der Waals surface area contributed by atoms with Gasteiger partial charge in [0.15, 0.2) is 0 Å². The maximum Gasteiger partial charge on any atom is 0.106 e. The third kappa shape index (κ3) is 1.31. The number of hydrogen-bond acceptors (Lipinski definition) is 1. The number of aryl methyl sites for hydroxylation is 2. The molecule has 2 nitrogen and oxygen atoms in total. The van der Waals surface area contributed by atoms with E-state index in [2.05, 4.69) is 16.9 Å². The molecule has 0 atom stereocenters. The molecule has 68 valence electrons. The minimum absolute atomic E-state index is 0.779. The van der Waals surface area contributed by atoms with Crippen LogP contribution in [-0.4, -0.2) is 9.97 Å². The zero-order valence-electron chi connectivity index (χ0n) is 7.69. The van der Waals surface area contributed by atoms with Gasteiger partial charge in [0, 0.05) is 11.4 Å². The molecular weight excluding hydrogens is 184 g/mol. The molecule has 0 fully saturated rings. The Morgan fingerprint density at radius 3 is 2.92 bits per heavy atom. The highest BCUT2D eigenvalue weighted by molar-refractivity contribution is 6.32. The lowest BCUT2D eigenvalue weighted by Gasteiger charge is -1.96. The Hall–Kier alpha value is -1.02. The van der Waals surface area contributed by atoms with Gasteiger partial charge < -0.3 is 4.98 Å². The van der Waals surface area contributed by atoms with Gasteiger partial charge in [0.05, 0.1) is 11.0 Å². The summed E-state index contributed by atoms with van der Waals surface area (Å²) in [5.74, 6) is 1.01. The van der Waals surface area contributed by atoms with Gasteiger partial charge >= 0.3 is 0 Å². The van der Waals surface area contributed by atoms with Gasteiger partial charge in [-0.25, -0.2) is 4.98 Å². The molecule has 0 bridgehead atoms. The lowest BCUT2D eigenvalue weighted by molar-refractivity contribution is 1.000. The zero-order chi connectivity index (χ0) is 9.42. The molecule has 1 heterocycles. The highest BCUT2D eigenvalue weighted by Gasteiger charge is 2.05. The number of halogens is 1. The predicted molar refractivity (Wildman–Crippen MR) is 55.2 cm³/mol. The van der Waals surface area contributed by atoms with Gasteiger partial charge in [0.2, 0.25) is 0 Å². The lowest BCUT2D eigenvalue weighted by atomic mass is 10.2. The quantitative estimate of drug-likeness (QED) is 0.743. The number of benzene rings is 1. The number of imidazole rings is 1. The van der Waals surface area contributed by atoms with E-state index in [0.717, 1.165) is 33.9 Å². The van der Waals surface area contributed by atoms with Crippen molar-refractivity contribution >= 4 is 22.6 Å². The number of nitrogens with zero attached hydrogens (tertiary/aromatic N) is 1. The fourth-order valence-electron chi connectivity index (χ4n) is 1.41. The van der Waals surface area contributed by atoms with E-state index in [9.17, 15) is 0 Å². The van der Waals surface area contributed by atoms with Crippen molar-refractivity contribution in [2.24, 2.45) is 0 Å². The molecule has 0 amide bonds. The van der Waals surface area contributed by atoms with Gasteiger partial charge in [0.1, 0.15) is 5.82 Å². The summed E-state index contributed by atoms with van der Waals surface area (Å²) in [7, 11) is 0. The van der Waals surface area contributed by atoms with Crippen LogP contribution in [0.15, 0.2) is 12.1 Å². The van der Waals surface area contributed by atoms with Crippen molar-refractivity contribution in [1.82, 2.24) is 9.97 Å². The fourth-order valence-corrected chi connectivity index (χ4v) is 1.56. The Labute approximate surface area is 81.9 Å². The maximum atomic E-state index is 5.99. The molecule has 0 aliphatic rings. The second-order valence-corrected chi connectivity index (χ2v) is 3.51. The van der Waals surface area contributed by atoms with Crippen LogP contribution in [0.1, 0.15) is 18.3 Å². The molecular formula is C10H11ClN2. The maximum absolute atomic E-state index is 5.99. The van der Waals surface area contributed by atoms with Gasteiger partial charge in [-0.15, -0.1) is 0 Å². The number of rotatable bonds is 1. The van der Waals surface area contributed by atoms with E-state index in [1.54, 1.807) is 0 Å². The summed E-state index contributed by atoms with van der Waals surface area (Å²) < 4.78 is 0. The van der Waals surface area contributed by atoms with E-state index in [0.29, 0.717) is 0 Å². The molecule has 0 spiro atoms. The lowest BCUT2D eigenvalue weighted by Crippen LogP contribution is -1.80. The number of hydrogen-bond donors (Lipinski definition) is 1. The second-order valence-electron chi connectivity index (χ2n) is 3.11. The van der Waals surface area contributed by atoms with Crippen molar-refractivity contribution in [2.45, 2.75) is 20.3 Å². The molecule has 0 saturated heterocycles. The molecule has 0 aliphatic heterocycles. The first-order valence-corrected chi connectivity index (χ1v) is 4.74. The summed E-state index contributed by atoms with van der Waals surface area (Å²) in [6, 6.07) is 3.87. The summed E-state index contributed by atoms with van der Waals surface area (Å²) in [5.41, 5.74) is 3.11. The number of aromatic amines is 1. The Morgan fingerprint density at radius 1 is 1.46 bits per heavy atom. The molecule has 3 heteroatoms. The van der Waals surface area contributed by atoms with Crippen LogP contribution in [0, 0.1) is 6.92 Å². The molecule has 1 aromatic heterocycles. The number of nitrogens with one attached hydrogen (secondary N) is 1. The molecule has 2 rings (SSSR count). The SMILES string of the molecule is CCc1nc2c(C)c(Cl)ccc2[nH]1. The zero-order valence-corrected chi connectivity index (χ0v) is 8.44. The third-order valence-electron chi connectivity index (χ3n) is 2.23. The van der Waals surface area contributed by atoms with Gasteiger partial charge in [-0.3, -0.25) is 0 Å². The van der Waals surface area contributed by atoms with Crippen LogP contribution in [0.2, 0.25) is 5.02 Å². The van der Waals surface area contributed by atoms with Crippen LogP contribution in [-0.2, 0) is 6.42 Å². The van der Waals surface area contributed by atoms with Crippen molar-refractivity contribution in [2.75, 3.05) is 0 Å². The van der Waals surface area contributed by atoms with Gasteiger partial charge in [-0.2, -0.15) is 0 Å². The van der Waals surface area contributed by atoms with Gasteiger partial charge in [-0.1, -0.05) is 18.5 Å². The minimum Gasteiger partial charge on any atom is -0.342 e. The van der Waals surface area contributed by atoms with E-state index in [-0.39, 0.29) is 0 Å². The van der Waals surface area contributed by atoms with Crippen LogP contribution in [0.25, 0.3) is 11.0 Å². The Balaban J connectivity index is 2.76. The summed E-state index contributed by atoms with van der Waals surface area (Å²) in [6.07, 6.45) is 0.922. The highest BCUT2D eigenvalue weighted by atomic mass is 35.5. The van der Waals surface area contributed by atoms with Crippen molar-refractivity contribution < 1.29 is 0 Å². The molecule has 13 heavy (non-hydrogen) atoms. The first kappa shape index (κ1) is 8.57. The van der Waals surface area contributed by atoms with Crippen molar-refractivity contribution in [3.05, 3.63) is 28.5 Å². The molecule has 1 N–H and O–H groups in total. The second kappa shape index (κ2) is 3.04. The van der Waals surface area contributed by atoms with Gasteiger partial charge in [0.25, 0.3) is 0 Å². The van der Waals surface area contributed by atoms with Gasteiger partial charge in [-0.05, 0) is 24.6 Å². The number of H-pyrrole nitrogens is 1. The summed E-state index contributed by atoms with van der Waals surface area (Å²) in [6.45, 7) is 4.07. The topological polar surface area (TPSA) is 28.7 Å². The van der Waals surface area contributed by atoms with E-state index in [1.807, 2.05) is 19.1 Å². The fraction of sp³-hybridized carbons (Fsp3) is 0.300. The largest absolute Gasteiger partial charge is 0.342 e. The third-order valence-corrected chi connectivity index (χ3v) is 2.63. The van der Waals surface area contributed by atoms with Crippen molar-refractivity contribution in [3.8, 4) is 0 Å². The Kier molecular flexibility index (Phi) is 2.00. The number of aromatic nitrogens is 2. The molecule has 0 saturated carbocycles. The molecule has 0 radical (unpaired) electrons. The van der Waals surface area contributed by atoms with Crippen LogP contribution in [0.4, 0.5) is 0 Å². The first-order valence-electron chi connectivity index (χ1n) is 4.36. The summed E-state index contributed by atoms with van der Waals surface area (Å²) >= 11 is 5.99. The summed E-state index contributed by atoms with van der Waals surface area (Å²) in [4.78, 5) is 7.70. The van der Waals surface area contributed by atoms with Crippen LogP contribution in [0.5, 0.6) is 0 Å². The van der Waals surface area contributed by atoms with Crippen molar-refractivity contribution in [1.29, 1.82) is 0 Å². The normalized spacial score (nSPS) is 11.0.